The van der Waals surface area contributed by atoms with Crippen molar-refractivity contribution in [3.8, 4) is 5.75 Å². The molecular weight excluding hydrogens is 314 g/mol. The molecule has 0 saturated carbocycles. The summed E-state index contributed by atoms with van der Waals surface area (Å²) >= 11 is 0. The molecule has 0 aliphatic heterocycles. The van der Waals surface area contributed by atoms with Crippen LogP contribution in [-0.4, -0.2) is 32.7 Å². The summed E-state index contributed by atoms with van der Waals surface area (Å²) in [6, 6.07) is 6.43. The van der Waals surface area contributed by atoms with E-state index in [1.807, 2.05) is 13.8 Å². The van der Waals surface area contributed by atoms with Gasteiger partial charge >= 0.3 is 0 Å². The molecule has 0 bridgehead atoms. The predicted molar refractivity (Wildman–Crippen MR) is 81.4 cm³/mol. The quantitative estimate of drug-likeness (QED) is 0.602. The topological polar surface area (TPSA) is 65.5 Å². The molecule has 0 atom stereocenters. The molecule has 5 nitrogen and oxygen atoms in total. The normalized spacial score (nSPS) is 12.0. The van der Waals surface area contributed by atoms with Crippen LogP contribution in [0.4, 0.5) is 0 Å². The van der Waals surface area contributed by atoms with Crippen molar-refractivity contribution in [2.45, 2.75) is 24.8 Å². The molecule has 0 fully saturated rings. The molecule has 0 radical (unpaired) electrons. The fourth-order valence-electron chi connectivity index (χ4n) is 1.88. The maximum absolute atomic E-state index is 11.6. The lowest BCUT2D eigenvalue weighted by molar-refractivity contribution is 0.0556. The third kappa shape index (κ3) is 4.06. The van der Waals surface area contributed by atoms with Crippen LogP contribution in [0.25, 0.3) is 10.9 Å². The first-order valence-corrected chi connectivity index (χ1v) is 8.77. The molecule has 7 heteroatoms. The van der Waals surface area contributed by atoms with Gasteiger partial charge in [0.25, 0.3) is 9.05 Å². The van der Waals surface area contributed by atoms with Crippen molar-refractivity contribution < 1.29 is 17.9 Å². The fourth-order valence-corrected chi connectivity index (χ4v) is 2.88. The average Bonchev–Trinajstić information content (AvgIpc) is 2.42. The van der Waals surface area contributed by atoms with Gasteiger partial charge in [-0.15, -0.1) is 0 Å². The van der Waals surface area contributed by atoms with E-state index in [9.17, 15) is 8.42 Å². The average molecular weight is 330 g/mol. The number of aromatic nitrogens is 1. The van der Waals surface area contributed by atoms with Crippen molar-refractivity contribution >= 4 is 30.6 Å². The molecule has 0 saturated heterocycles. The van der Waals surface area contributed by atoms with Crippen molar-refractivity contribution in [1.29, 1.82) is 0 Å². The Morgan fingerprint density at radius 3 is 2.67 bits per heavy atom. The van der Waals surface area contributed by atoms with E-state index in [1.165, 1.54) is 12.3 Å². The van der Waals surface area contributed by atoms with Crippen molar-refractivity contribution in [3.63, 3.8) is 0 Å². The van der Waals surface area contributed by atoms with Gasteiger partial charge in [-0.05, 0) is 38.1 Å². The van der Waals surface area contributed by atoms with Gasteiger partial charge in [0.1, 0.15) is 17.3 Å². The second-order valence-electron chi connectivity index (χ2n) is 4.67. The Bertz CT molecular complexity index is 731. The minimum Gasteiger partial charge on any atom is -0.490 e. The number of ether oxygens (including phenoxy) is 2. The van der Waals surface area contributed by atoms with Gasteiger partial charge in [-0.1, -0.05) is 0 Å². The summed E-state index contributed by atoms with van der Waals surface area (Å²) in [5.41, 5.74) is 0.301. The van der Waals surface area contributed by atoms with Crippen LogP contribution >= 0.6 is 10.7 Å². The van der Waals surface area contributed by atoms with Gasteiger partial charge in [-0.2, -0.15) is 0 Å². The number of rotatable bonds is 6. The van der Waals surface area contributed by atoms with Gasteiger partial charge in [-0.25, -0.2) is 8.42 Å². The van der Waals surface area contributed by atoms with E-state index in [1.54, 1.807) is 18.2 Å². The number of halogens is 1. The van der Waals surface area contributed by atoms with E-state index >= 15 is 0 Å². The Labute approximate surface area is 128 Å². The van der Waals surface area contributed by atoms with Gasteiger partial charge in [0, 0.05) is 22.3 Å². The van der Waals surface area contributed by atoms with Crippen LogP contribution in [0.2, 0.25) is 0 Å². The molecule has 0 N–H and O–H groups in total. The Morgan fingerprint density at radius 1 is 1.24 bits per heavy atom. The van der Waals surface area contributed by atoms with E-state index in [-0.39, 0.29) is 11.0 Å². The second kappa shape index (κ2) is 6.60. The highest BCUT2D eigenvalue weighted by molar-refractivity contribution is 8.14. The Morgan fingerprint density at radius 2 is 2.00 bits per heavy atom. The monoisotopic (exact) mass is 329 g/mol. The zero-order valence-electron chi connectivity index (χ0n) is 11.7. The first kappa shape index (κ1) is 16.0. The minimum absolute atomic E-state index is 0.0226. The molecule has 1 aromatic carbocycles. The second-order valence-corrected chi connectivity index (χ2v) is 7.20. The van der Waals surface area contributed by atoms with Gasteiger partial charge in [0.2, 0.25) is 0 Å². The van der Waals surface area contributed by atoms with E-state index in [2.05, 4.69) is 4.98 Å². The number of hydrogen-bond acceptors (Lipinski definition) is 5. The maximum atomic E-state index is 11.6. The smallest absolute Gasteiger partial charge is 0.263 e. The third-order valence-corrected chi connectivity index (χ3v) is 4.10. The SMILES string of the molecule is CC(C)OCCOc1ccc(S(=O)(=O)Cl)c2ncccc12. The highest BCUT2D eigenvalue weighted by Crippen LogP contribution is 2.31. The predicted octanol–water partition coefficient (Wildman–Crippen LogP) is 2.97. The first-order chi connectivity index (χ1) is 9.89. The van der Waals surface area contributed by atoms with E-state index in [4.69, 9.17) is 20.2 Å². The van der Waals surface area contributed by atoms with E-state index < -0.39 is 9.05 Å². The number of benzene rings is 1. The van der Waals surface area contributed by atoms with Crippen LogP contribution in [0.3, 0.4) is 0 Å². The molecule has 2 rings (SSSR count). The molecule has 0 spiro atoms. The maximum Gasteiger partial charge on any atom is 0.263 e. The zero-order chi connectivity index (χ0) is 15.5. The highest BCUT2D eigenvalue weighted by Gasteiger charge is 2.17. The zero-order valence-corrected chi connectivity index (χ0v) is 13.3. The van der Waals surface area contributed by atoms with Crippen molar-refractivity contribution in [1.82, 2.24) is 4.98 Å². The van der Waals surface area contributed by atoms with Gasteiger partial charge < -0.3 is 9.47 Å². The van der Waals surface area contributed by atoms with Crippen LogP contribution in [-0.2, 0) is 13.8 Å². The molecule has 114 valence electrons. The third-order valence-electron chi connectivity index (χ3n) is 2.75. The molecular formula is C14H16ClNO4S. The number of hydrogen-bond donors (Lipinski definition) is 0. The van der Waals surface area contributed by atoms with Crippen LogP contribution in [0.5, 0.6) is 5.75 Å². The fraction of sp³-hybridized carbons (Fsp3) is 0.357. The van der Waals surface area contributed by atoms with Crippen LogP contribution in [0, 0.1) is 0 Å². The lowest BCUT2D eigenvalue weighted by Gasteiger charge is -2.12. The largest absolute Gasteiger partial charge is 0.490 e. The Kier molecular flexibility index (Phi) is 5.03. The summed E-state index contributed by atoms with van der Waals surface area (Å²) in [6.07, 6.45) is 1.65. The van der Waals surface area contributed by atoms with E-state index in [0.717, 1.165) is 0 Å². The molecule has 21 heavy (non-hydrogen) atoms. The van der Waals surface area contributed by atoms with Crippen molar-refractivity contribution in [3.05, 3.63) is 30.5 Å². The summed E-state index contributed by atoms with van der Waals surface area (Å²) in [5.74, 6) is 0.550. The number of nitrogens with zero attached hydrogens (tertiary/aromatic N) is 1. The minimum atomic E-state index is -3.85. The lowest BCUT2D eigenvalue weighted by Crippen LogP contribution is -2.11. The summed E-state index contributed by atoms with van der Waals surface area (Å²) in [5, 5.41) is 0.601. The molecule has 0 unspecified atom stereocenters. The van der Waals surface area contributed by atoms with Crippen molar-refractivity contribution in [2.24, 2.45) is 0 Å². The van der Waals surface area contributed by atoms with Crippen LogP contribution < -0.4 is 4.74 Å². The highest BCUT2D eigenvalue weighted by atomic mass is 35.7. The molecule has 2 aromatic rings. The first-order valence-electron chi connectivity index (χ1n) is 6.46. The Balaban J connectivity index is 2.31. The van der Waals surface area contributed by atoms with Crippen molar-refractivity contribution in [2.75, 3.05) is 13.2 Å². The van der Waals surface area contributed by atoms with Crippen LogP contribution in [0.15, 0.2) is 35.4 Å². The number of pyridine rings is 1. The summed E-state index contributed by atoms with van der Waals surface area (Å²) in [7, 11) is 1.57. The number of fused-ring (bicyclic) bond motifs is 1. The summed E-state index contributed by atoms with van der Waals surface area (Å²) < 4.78 is 34.1. The molecule has 0 aliphatic rings. The standard InChI is InChI=1S/C14H16ClNO4S/c1-10(2)19-8-9-20-12-5-6-13(21(15,17)18)14-11(12)4-3-7-16-14/h3-7,10H,8-9H2,1-2H3. The lowest BCUT2D eigenvalue weighted by atomic mass is 10.2. The van der Waals surface area contributed by atoms with Gasteiger partial charge in [-0.3, -0.25) is 4.98 Å². The molecule has 0 amide bonds. The molecule has 1 aromatic heterocycles. The van der Waals surface area contributed by atoms with Gasteiger partial charge in [0.15, 0.2) is 0 Å². The summed E-state index contributed by atoms with van der Waals surface area (Å²) in [6.45, 7) is 4.71. The molecule has 0 aliphatic carbocycles. The summed E-state index contributed by atoms with van der Waals surface area (Å²) in [4.78, 5) is 4.07. The van der Waals surface area contributed by atoms with Gasteiger partial charge in [0.05, 0.1) is 18.2 Å². The Hall–Kier alpha value is -1.37. The van der Waals surface area contributed by atoms with E-state index in [0.29, 0.717) is 29.9 Å². The van der Waals surface area contributed by atoms with Crippen LogP contribution in [0.1, 0.15) is 13.8 Å². The molecule has 1 heterocycles.